The molecule has 0 N–H and O–H groups in total. The van der Waals surface area contributed by atoms with E-state index in [9.17, 15) is 0 Å². The topological polar surface area (TPSA) is 31.4 Å². The van der Waals surface area contributed by atoms with Crippen molar-refractivity contribution in [2.45, 2.75) is 20.0 Å². The summed E-state index contributed by atoms with van der Waals surface area (Å²) in [6, 6.07) is 1.82. The Hall–Kier alpha value is -0.770. The number of nitrogens with zero attached hydrogens (tertiary/aromatic N) is 1. The molecule has 0 saturated carbocycles. The minimum Gasteiger partial charge on any atom is -0.491 e. The summed E-state index contributed by atoms with van der Waals surface area (Å²) in [5, 5.41) is 0. The summed E-state index contributed by atoms with van der Waals surface area (Å²) in [6.07, 6.45) is 1.78. The lowest BCUT2D eigenvalue weighted by Gasteiger charge is -2.11. The van der Waals surface area contributed by atoms with Gasteiger partial charge in [-0.3, -0.25) is 0 Å². The third-order valence-corrected chi connectivity index (χ3v) is 1.79. The smallest absolute Gasteiger partial charge is 0.257 e. The van der Waals surface area contributed by atoms with Crippen LogP contribution in [0.3, 0.4) is 0 Å². The van der Waals surface area contributed by atoms with E-state index < -0.39 is 0 Å². The zero-order chi connectivity index (χ0) is 9.84. The molecule has 0 amide bonds. The highest BCUT2D eigenvalue weighted by Crippen LogP contribution is 2.27. The molecule has 1 heterocycles. The van der Waals surface area contributed by atoms with Crippen LogP contribution in [0, 0.1) is 0 Å². The fourth-order valence-electron chi connectivity index (χ4n) is 0.866. The van der Waals surface area contributed by atoms with Crippen molar-refractivity contribution in [1.82, 2.24) is 4.98 Å². The summed E-state index contributed by atoms with van der Waals surface area (Å²) >= 11 is 3.31. The van der Waals surface area contributed by atoms with Gasteiger partial charge in [0, 0.05) is 16.7 Å². The van der Waals surface area contributed by atoms with Crippen LogP contribution in [0.5, 0.6) is 11.6 Å². The zero-order valence-electron chi connectivity index (χ0n) is 7.87. The van der Waals surface area contributed by atoms with Crippen LogP contribution in [0.15, 0.2) is 16.7 Å². The highest BCUT2D eigenvalue weighted by molar-refractivity contribution is 9.10. The normalized spacial score (nSPS) is 10.2. The summed E-state index contributed by atoms with van der Waals surface area (Å²) in [5.41, 5.74) is 0. The van der Waals surface area contributed by atoms with E-state index >= 15 is 0 Å². The third kappa shape index (κ3) is 2.88. The van der Waals surface area contributed by atoms with Crippen molar-refractivity contribution in [2.75, 3.05) is 7.11 Å². The Kier molecular flexibility index (Phi) is 3.54. The van der Waals surface area contributed by atoms with E-state index in [1.807, 2.05) is 19.9 Å². The van der Waals surface area contributed by atoms with E-state index in [1.54, 1.807) is 13.3 Å². The molecular weight excluding hydrogens is 234 g/mol. The number of pyridine rings is 1. The lowest BCUT2D eigenvalue weighted by molar-refractivity contribution is 0.220. The number of methoxy groups -OCH3 is 1. The number of rotatable bonds is 3. The zero-order valence-corrected chi connectivity index (χ0v) is 9.46. The minimum absolute atomic E-state index is 0.0996. The van der Waals surface area contributed by atoms with E-state index in [0.29, 0.717) is 11.6 Å². The van der Waals surface area contributed by atoms with Gasteiger partial charge in [-0.25, -0.2) is 4.98 Å². The average Bonchev–Trinajstić information content (AvgIpc) is 2.07. The molecule has 1 aromatic heterocycles. The first kappa shape index (κ1) is 10.3. The number of aromatic nitrogens is 1. The van der Waals surface area contributed by atoms with Gasteiger partial charge in [-0.05, 0) is 29.8 Å². The number of ether oxygens (including phenoxy) is 2. The molecule has 1 rings (SSSR count). The van der Waals surface area contributed by atoms with Crippen LogP contribution in [0.2, 0.25) is 0 Å². The maximum absolute atomic E-state index is 5.43. The molecule has 0 atom stereocenters. The lowest BCUT2D eigenvalue weighted by atomic mass is 10.4. The lowest BCUT2D eigenvalue weighted by Crippen LogP contribution is -2.07. The van der Waals surface area contributed by atoms with Gasteiger partial charge < -0.3 is 9.47 Å². The van der Waals surface area contributed by atoms with Crippen molar-refractivity contribution in [2.24, 2.45) is 0 Å². The maximum atomic E-state index is 5.43. The number of hydrogen-bond acceptors (Lipinski definition) is 3. The molecule has 0 fully saturated rings. The Balaban J connectivity index is 2.92. The highest BCUT2D eigenvalue weighted by atomic mass is 79.9. The molecule has 0 bridgehead atoms. The van der Waals surface area contributed by atoms with Gasteiger partial charge in [0.1, 0.15) is 0 Å². The van der Waals surface area contributed by atoms with Crippen LogP contribution in [-0.2, 0) is 0 Å². The van der Waals surface area contributed by atoms with Gasteiger partial charge >= 0.3 is 0 Å². The van der Waals surface area contributed by atoms with Crippen molar-refractivity contribution >= 4 is 15.9 Å². The summed E-state index contributed by atoms with van der Waals surface area (Å²) in [4.78, 5) is 4.10. The van der Waals surface area contributed by atoms with Gasteiger partial charge in [0.25, 0.3) is 5.88 Å². The predicted octanol–water partition coefficient (Wildman–Crippen LogP) is 2.64. The van der Waals surface area contributed by atoms with Crippen LogP contribution < -0.4 is 9.47 Å². The average molecular weight is 246 g/mol. The van der Waals surface area contributed by atoms with E-state index in [1.165, 1.54) is 0 Å². The van der Waals surface area contributed by atoms with E-state index in [2.05, 4.69) is 20.9 Å². The summed E-state index contributed by atoms with van der Waals surface area (Å²) < 4.78 is 11.4. The Bertz CT molecular complexity index is 289. The van der Waals surface area contributed by atoms with Crippen LogP contribution in [0.25, 0.3) is 0 Å². The third-order valence-electron chi connectivity index (χ3n) is 1.35. The Morgan fingerprint density at radius 1 is 1.46 bits per heavy atom. The molecule has 0 aliphatic heterocycles. The molecule has 0 aliphatic carbocycles. The van der Waals surface area contributed by atoms with Gasteiger partial charge in [-0.2, -0.15) is 0 Å². The van der Waals surface area contributed by atoms with Gasteiger partial charge in [0.15, 0.2) is 5.75 Å². The van der Waals surface area contributed by atoms with Crippen molar-refractivity contribution < 1.29 is 9.47 Å². The first-order valence-electron chi connectivity index (χ1n) is 3.99. The standard InChI is InChI=1S/C9H12BrNO2/c1-6(2)13-9-8(12-3)4-7(10)5-11-9/h4-6H,1-3H3. The first-order valence-corrected chi connectivity index (χ1v) is 4.79. The number of halogens is 1. The van der Waals surface area contributed by atoms with Crippen molar-refractivity contribution in [3.8, 4) is 11.6 Å². The Morgan fingerprint density at radius 3 is 2.69 bits per heavy atom. The van der Waals surface area contributed by atoms with Gasteiger partial charge in [0.05, 0.1) is 13.2 Å². The largest absolute Gasteiger partial charge is 0.491 e. The molecule has 1 aromatic rings. The molecule has 0 saturated heterocycles. The van der Waals surface area contributed by atoms with Crippen LogP contribution >= 0.6 is 15.9 Å². The Morgan fingerprint density at radius 2 is 2.15 bits per heavy atom. The van der Waals surface area contributed by atoms with Crippen LogP contribution in [-0.4, -0.2) is 18.2 Å². The fraction of sp³-hybridized carbons (Fsp3) is 0.444. The second-order valence-corrected chi connectivity index (χ2v) is 3.74. The predicted molar refractivity (Wildman–Crippen MR) is 54.3 cm³/mol. The Labute approximate surface area is 86.2 Å². The highest BCUT2D eigenvalue weighted by Gasteiger charge is 2.07. The minimum atomic E-state index is 0.0996. The molecule has 0 aromatic carbocycles. The van der Waals surface area contributed by atoms with Crippen molar-refractivity contribution in [3.63, 3.8) is 0 Å². The quantitative estimate of drug-likeness (QED) is 0.821. The van der Waals surface area contributed by atoms with Gasteiger partial charge in [-0.15, -0.1) is 0 Å². The molecule has 0 unspecified atom stereocenters. The fourth-order valence-corrected chi connectivity index (χ4v) is 1.18. The SMILES string of the molecule is COc1cc(Br)cnc1OC(C)C. The molecule has 3 nitrogen and oxygen atoms in total. The molecule has 0 radical (unpaired) electrons. The monoisotopic (exact) mass is 245 g/mol. The second kappa shape index (κ2) is 4.46. The molecule has 0 aliphatic rings. The second-order valence-electron chi connectivity index (χ2n) is 2.83. The first-order chi connectivity index (χ1) is 6.13. The van der Waals surface area contributed by atoms with Gasteiger partial charge in [-0.1, -0.05) is 0 Å². The molecule has 4 heteroatoms. The van der Waals surface area contributed by atoms with E-state index in [0.717, 1.165) is 4.47 Å². The van der Waals surface area contributed by atoms with Crippen molar-refractivity contribution in [3.05, 3.63) is 16.7 Å². The van der Waals surface area contributed by atoms with Crippen molar-refractivity contribution in [1.29, 1.82) is 0 Å². The van der Waals surface area contributed by atoms with E-state index in [4.69, 9.17) is 9.47 Å². The summed E-state index contributed by atoms with van der Waals surface area (Å²) in [6.45, 7) is 3.90. The summed E-state index contributed by atoms with van der Waals surface area (Å²) in [7, 11) is 1.59. The molecular formula is C9H12BrNO2. The molecule has 0 spiro atoms. The summed E-state index contributed by atoms with van der Waals surface area (Å²) in [5.74, 6) is 1.17. The maximum Gasteiger partial charge on any atom is 0.257 e. The van der Waals surface area contributed by atoms with Crippen LogP contribution in [0.4, 0.5) is 0 Å². The number of hydrogen-bond donors (Lipinski definition) is 0. The van der Waals surface area contributed by atoms with Gasteiger partial charge in [0.2, 0.25) is 0 Å². The van der Waals surface area contributed by atoms with Crippen LogP contribution in [0.1, 0.15) is 13.8 Å². The molecule has 13 heavy (non-hydrogen) atoms. The van der Waals surface area contributed by atoms with E-state index in [-0.39, 0.29) is 6.10 Å². The molecule has 72 valence electrons.